The van der Waals surface area contributed by atoms with Crippen LogP contribution in [-0.2, 0) is 0 Å². The maximum absolute atomic E-state index is 3.49. The summed E-state index contributed by atoms with van der Waals surface area (Å²) in [7, 11) is 0. The minimum Gasteiger partial charge on any atom is -0.372 e. The number of nitrogens with zero attached hydrogens (tertiary/aromatic N) is 2. The Hall–Kier alpha value is -0.480. The Labute approximate surface area is 159 Å². The van der Waals surface area contributed by atoms with E-state index in [9.17, 15) is 0 Å². The molecule has 3 fully saturated rings. The molecule has 0 bridgehead atoms. The topological polar surface area (TPSA) is 18.5 Å². The lowest BCUT2D eigenvalue weighted by molar-refractivity contribution is 0.160. The van der Waals surface area contributed by atoms with E-state index in [1.165, 1.54) is 69.5 Å². The summed E-state index contributed by atoms with van der Waals surface area (Å²) in [4.78, 5) is 5.24. The predicted octanol–water partition coefficient (Wildman–Crippen LogP) is 3.88. The van der Waals surface area contributed by atoms with Crippen LogP contribution in [0.1, 0.15) is 43.7 Å². The molecule has 0 amide bonds. The van der Waals surface area contributed by atoms with Crippen molar-refractivity contribution >= 4 is 30.5 Å². The molecule has 1 N–H and O–H groups in total. The van der Waals surface area contributed by atoms with Crippen LogP contribution in [0.3, 0.4) is 0 Å². The summed E-state index contributed by atoms with van der Waals surface area (Å²) < 4.78 is 0. The van der Waals surface area contributed by atoms with E-state index in [4.69, 9.17) is 0 Å². The molecule has 5 heteroatoms. The third kappa shape index (κ3) is 4.78. The van der Waals surface area contributed by atoms with E-state index in [-0.39, 0.29) is 24.8 Å². The van der Waals surface area contributed by atoms with E-state index in [1.54, 1.807) is 0 Å². The molecule has 136 valence electrons. The highest BCUT2D eigenvalue weighted by Crippen LogP contribution is 2.40. The number of hydrogen-bond donors (Lipinski definition) is 1. The highest BCUT2D eigenvalue weighted by molar-refractivity contribution is 5.85. The monoisotopic (exact) mass is 371 g/mol. The van der Waals surface area contributed by atoms with Crippen LogP contribution in [0.4, 0.5) is 5.69 Å². The molecule has 3 aliphatic rings. The van der Waals surface area contributed by atoms with Gasteiger partial charge in [-0.2, -0.15) is 0 Å². The Morgan fingerprint density at radius 2 is 1.54 bits per heavy atom. The van der Waals surface area contributed by atoms with Gasteiger partial charge in [-0.15, -0.1) is 24.8 Å². The summed E-state index contributed by atoms with van der Waals surface area (Å²) in [5.74, 6) is 0.984. The molecule has 0 radical (unpaired) electrons. The smallest absolute Gasteiger partial charge is 0.0366 e. The molecule has 0 unspecified atom stereocenters. The number of anilines is 1. The SMILES string of the molecule is Cl.Cl.c1cc(N2CCCC2)ccc1[C@@H](CC1CC1)N1CCNCC1. The highest BCUT2D eigenvalue weighted by atomic mass is 35.5. The molecule has 0 spiro atoms. The van der Waals surface area contributed by atoms with Crippen LogP contribution in [0.5, 0.6) is 0 Å². The third-order valence-corrected chi connectivity index (χ3v) is 5.59. The molecule has 24 heavy (non-hydrogen) atoms. The van der Waals surface area contributed by atoms with Crippen molar-refractivity contribution in [2.24, 2.45) is 5.92 Å². The molecule has 1 aliphatic carbocycles. The van der Waals surface area contributed by atoms with Gasteiger partial charge < -0.3 is 10.2 Å². The second kappa shape index (κ2) is 9.28. The van der Waals surface area contributed by atoms with Crippen LogP contribution in [0, 0.1) is 5.92 Å². The van der Waals surface area contributed by atoms with Crippen molar-refractivity contribution in [2.45, 2.75) is 38.1 Å². The fourth-order valence-electron chi connectivity index (χ4n) is 4.04. The van der Waals surface area contributed by atoms with Crippen molar-refractivity contribution in [1.82, 2.24) is 10.2 Å². The minimum absolute atomic E-state index is 0. The van der Waals surface area contributed by atoms with Crippen molar-refractivity contribution in [3.05, 3.63) is 29.8 Å². The van der Waals surface area contributed by atoms with Crippen LogP contribution in [0.2, 0.25) is 0 Å². The van der Waals surface area contributed by atoms with Gasteiger partial charge in [-0.05, 0) is 42.9 Å². The number of piperazine rings is 1. The first-order valence-electron chi connectivity index (χ1n) is 9.20. The Morgan fingerprint density at radius 3 is 2.12 bits per heavy atom. The maximum Gasteiger partial charge on any atom is 0.0366 e. The zero-order valence-corrected chi connectivity index (χ0v) is 16.1. The number of halogens is 2. The zero-order valence-electron chi connectivity index (χ0n) is 14.5. The zero-order chi connectivity index (χ0) is 14.8. The van der Waals surface area contributed by atoms with E-state index >= 15 is 0 Å². The number of rotatable bonds is 5. The van der Waals surface area contributed by atoms with Crippen LogP contribution in [-0.4, -0.2) is 44.2 Å². The van der Waals surface area contributed by atoms with Crippen LogP contribution >= 0.6 is 24.8 Å². The van der Waals surface area contributed by atoms with E-state index in [0.717, 1.165) is 19.0 Å². The number of hydrogen-bond acceptors (Lipinski definition) is 3. The molecule has 1 saturated carbocycles. The van der Waals surface area contributed by atoms with Crippen molar-refractivity contribution in [1.29, 1.82) is 0 Å². The molecular formula is C19H31Cl2N3. The number of benzene rings is 1. The molecule has 1 atom stereocenters. The summed E-state index contributed by atoms with van der Waals surface area (Å²) in [6.07, 6.45) is 6.98. The summed E-state index contributed by atoms with van der Waals surface area (Å²) >= 11 is 0. The molecule has 2 aliphatic heterocycles. The van der Waals surface area contributed by atoms with E-state index in [0.29, 0.717) is 6.04 Å². The van der Waals surface area contributed by atoms with Gasteiger partial charge in [0.25, 0.3) is 0 Å². The molecule has 2 heterocycles. The van der Waals surface area contributed by atoms with Gasteiger partial charge >= 0.3 is 0 Å². The van der Waals surface area contributed by atoms with Gasteiger partial charge in [-0.1, -0.05) is 25.0 Å². The average Bonchev–Trinajstić information content (AvgIpc) is 3.24. The Morgan fingerprint density at radius 1 is 0.917 bits per heavy atom. The van der Waals surface area contributed by atoms with E-state index in [2.05, 4.69) is 39.4 Å². The Bertz CT molecular complexity index is 478. The minimum atomic E-state index is 0. The second-order valence-corrected chi connectivity index (χ2v) is 7.27. The van der Waals surface area contributed by atoms with Gasteiger partial charge in [0, 0.05) is 51.0 Å². The van der Waals surface area contributed by atoms with Gasteiger partial charge in [0.15, 0.2) is 0 Å². The summed E-state index contributed by atoms with van der Waals surface area (Å²) in [5.41, 5.74) is 2.96. The van der Waals surface area contributed by atoms with Crippen molar-refractivity contribution < 1.29 is 0 Å². The Balaban J connectivity index is 0.00000104. The summed E-state index contributed by atoms with van der Waals surface area (Å²) in [5, 5.41) is 3.49. The van der Waals surface area contributed by atoms with Gasteiger partial charge in [0.2, 0.25) is 0 Å². The largest absolute Gasteiger partial charge is 0.372 e. The first-order chi connectivity index (χ1) is 10.9. The van der Waals surface area contributed by atoms with Crippen LogP contribution < -0.4 is 10.2 Å². The molecule has 1 aromatic carbocycles. The van der Waals surface area contributed by atoms with Crippen molar-refractivity contribution in [2.75, 3.05) is 44.2 Å². The highest BCUT2D eigenvalue weighted by Gasteiger charge is 2.30. The lowest BCUT2D eigenvalue weighted by Crippen LogP contribution is -2.45. The lowest BCUT2D eigenvalue weighted by Gasteiger charge is -2.35. The fourth-order valence-corrected chi connectivity index (χ4v) is 4.04. The molecule has 3 nitrogen and oxygen atoms in total. The molecular weight excluding hydrogens is 341 g/mol. The van der Waals surface area contributed by atoms with Crippen molar-refractivity contribution in [3.63, 3.8) is 0 Å². The summed E-state index contributed by atoms with van der Waals surface area (Å²) in [6.45, 7) is 7.17. The second-order valence-electron chi connectivity index (χ2n) is 7.27. The Kier molecular flexibility index (Phi) is 7.67. The molecule has 2 saturated heterocycles. The summed E-state index contributed by atoms with van der Waals surface area (Å²) in [6, 6.07) is 10.2. The standard InChI is InChI=1S/C19H29N3.2ClH/c1-2-12-21(11-1)18-7-5-17(6-8-18)19(15-16-3-4-16)22-13-9-20-10-14-22;;/h5-8,16,19-20H,1-4,9-15H2;2*1H/t19-;;/m1../s1. The van der Waals surface area contributed by atoms with E-state index in [1.807, 2.05) is 0 Å². The van der Waals surface area contributed by atoms with E-state index < -0.39 is 0 Å². The van der Waals surface area contributed by atoms with Crippen LogP contribution in [0.25, 0.3) is 0 Å². The van der Waals surface area contributed by atoms with Crippen LogP contribution in [0.15, 0.2) is 24.3 Å². The fraction of sp³-hybridized carbons (Fsp3) is 0.684. The van der Waals surface area contributed by atoms with Gasteiger partial charge in [0.05, 0.1) is 0 Å². The number of nitrogens with one attached hydrogen (secondary N) is 1. The van der Waals surface area contributed by atoms with Crippen molar-refractivity contribution in [3.8, 4) is 0 Å². The predicted molar refractivity (Wildman–Crippen MR) is 107 cm³/mol. The molecule has 0 aromatic heterocycles. The lowest BCUT2D eigenvalue weighted by atomic mass is 9.98. The molecule has 1 aromatic rings. The maximum atomic E-state index is 3.49. The van der Waals surface area contributed by atoms with Gasteiger partial charge in [-0.3, -0.25) is 4.90 Å². The average molecular weight is 372 g/mol. The normalized spacial score (nSPS) is 22.6. The van der Waals surface area contributed by atoms with Gasteiger partial charge in [0.1, 0.15) is 0 Å². The third-order valence-electron chi connectivity index (χ3n) is 5.59. The van der Waals surface area contributed by atoms with Gasteiger partial charge in [-0.25, -0.2) is 0 Å². The molecule has 4 rings (SSSR count). The quantitative estimate of drug-likeness (QED) is 0.846. The first-order valence-corrected chi connectivity index (χ1v) is 9.20. The first kappa shape index (κ1) is 19.8.